The summed E-state index contributed by atoms with van der Waals surface area (Å²) in [4.78, 5) is 26.3. The minimum absolute atomic E-state index is 0.0171. The highest BCUT2D eigenvalue weighted by molar-refractivity contribution is 5.70. The number of aliphatic hydroxyl groups is 6. The molecule has 15 atom stereocenters. The van der Waals surface area contributed by atoms with Crippen LogP contribution in [0.4, 0.5) is 0 Å². The van der Waals surface area contributed by atoms with Crippen molar-refractivity contribution < 1.29 is 68.6 Å². The zero-order chi connectivity index (χ0) is 47.9. The zero-order valence-electron chi connectivity index (χ0n) is 40.1. The first-order chi connectivity index (χ1) is 31.4. The smallest absolute Gasteiger partial charge is 0.308 e. The van der Waals surface area contributed by atoms with E-state index in [1.165, 1.54) is 51.5 Å². The van der Waals surface area contributed by atoms with Gasteiger partial charge >= 0.3 is 11.9 Å². The first kappa shape index (κ1) is 54.4. The van der Waals surface area contributed by atoms with E-state index in [0.717, 1.165) is 51.4 Å². The van der Waals surface area contributed by atoms with Gasteiger partial charge in [-0.3, -0.25) is 9.59 Å². The Bertz CT molecular complexity index is 1600. The van der Waals surface area contributed by atoms with E-state index in [1.54, 1.807) is 19.1 Å². The molecule has 0 saturated carbocycles. The molecule has 5 heterocycles. The summed E-state index contributed by atoms with van der Waals surface area (Å²) in [5, 5.41) is 69.1. The van der Waals surface area contributed by atoms with E-state index in [-0.39, 0.29) is 63.4 Å². The van der Waals surface area contributed by atoms with E-state index in [2.05, 4.69) is 25.3 Å². The largest absolute Gasteiger partial charge is 0.462 e. The Kier molecular flexibility index (Phi) is 21.4. The maximum Gasteiger partial charge on any atom is 0.308 e. The third-order valence-corrected chi connectivity index (χ3v) is 14.2. The lowest BCUT2D eigenvalue weighted by Crippen LogP contribution is -2.63. The van der Waals surface area contributed by atoms with Crippen LogP contribution in [0.15, 0.2) is 49.1 Å². The zero-order valence-corrected chi connectivity index (χ0v) is 40.1. The minimum Gasteiger partial charge on any atom is -0.462 e. The van der Waals surface area contributed by atoms with Crippen LogP contribution in [0, 0.1) is 5.92 Å². The molecule has 4 saturated heterocycles. The predicted octanol–water partition coefficient (Wildman–Crippen LogP) is 7.24. The van der Waals surface area contributed by atoms with E-state index in [1.807, 2.05) is 6.92 Å². The summed E-state index contributed by atoms with van der Waals surface area (Å²) >= 11 is 0. The van der Waals surface area contributed by atoms with Crippen molar-refractivity contribution in [1.29, 1.82) is 0 Å². The molecule has 4 fully saturated rings. The molecule has 6 N–H and O–H groups in total. The maximum absolute atomic E-state index is 14.0. The van der Waals surface area contributed by atoms with Crippen LogP contribution in [-0.4, -0.2) is 127 Å². The van der Waals surface area contributed by atoms with Crippen LogP contribution in [0.25, 0.3) is 0 Å². The average Bonchev–Trinajstić information content (AvgIpc) is 3.22. The minimum atomic E-state index is -2.23. The molecule has 5 rings (SSSR count). The highest BCUT2D eigenvalue weighted by Gasteiger charge is 2.55. The van der Waals surface area contributed by atoms with Gasteiger partial charge in [-0.25, -0.2) is 0 Å². The summed E-state index contributed by atoms with van der Waals surface area (Å²) in [6.07, 6.45) is 13.8. The Hall–Kier alpha value is -2.50. The van der Waals surface area contributed by atoms with Gasteiger partial charge in [-0.05, 0) is 58.3 Å². The van der Waals surface area contributed by atoms with E-state index in [0.29, 0.717) is 18.4 Å². The summed E-state index contributed by atoms with van der Waals surface area (Å²) in [5.41, 5.74) is -0.627. The van der Waals surface area contributed by atoms with Crippen LogP contribution < -0.4 is 0 Å². The number of hydrogen-bond acceptors (Lipinski definition) is 14. The number of esters is 2. The lowest BCUT2D eigenvalue weighted by atomic mass is 9.81. The van der Waals surface area contributed by atoms with Crippen molar-refractivity contribution in [2.75, 3.05) is 0 Å². The van der Waals surface area contributed by atoms with Crippen LogP contribution in [0.2, 0.25) is 0 Å². The Morgan fingerprint density at radius 1 is 0.864 bits per heavy atom. The fourth-order valence-electron chi connectivity index (χ4n) is 10.9. The van der Waals surface area contributed by atoms with Gasteiger partial charge in [0.05, 0.1) is 54.7 Å². The Balaban J connectivity index is 1.37. The van der Waals surface area contributed by atoms with Gasteiger partial charge in [-0.1, -0.05) is 114 Å². The number of fused-ring (bicyclic) bond motifs is 6. The number of allylic oxidation sites excluding steroid dienone is 4. The lowest BCUT2D eigenvalue weighted by Gasteiger charge is -2.51. The van der Waals surface area contributed by atoms with Crippen molar-refractivity contribution in [2.45, 2.75) is 259 Å². The third-order valence-electron chi connectivity index (χ3n) is 14.2. The molecule has 0 amide bonds. The Morgan fingerprint density at radius 2 is 1.52 bits per heavy atom. The van der Waals surface area contributed by atoms with E-state index in [4.69, 9.17) is 28.4 Å². The molecular formula is C52H84O14. The van der Waals surface area contributed by atoms with Crippen molar-refractivity contribution in [1.82, 2.24) is 0 Å². The molecule has 0 radical (unpaired) electrons. The van der Waals surface area contributed by atoms with Crippen LogP contribution in [-0.2, 0) is 38.0 Å². The number of carbonyl (C=O) groups is 2. The third kappa shape index (κ3) is 16.9. The van der Waals surface area contributed by atoms with Gasteiger partial charge in [0.25, 0.3) is 0 Å². The van der Waals surface area contributed by atoms with Crippen molar-refractivity contribution in [2.24, 2.45) is 5.92 Å². The van der Waals surface area contributed by atoms with Crippen LogP contribution >= 0.6 is 0 Å². The Morgan fingerprint density at radius 3 is 2.20 bits per heavy atom. The van der Waals surface area contributed by atoms with E-state index >= 15 is 0 Å². The second kappa shape index (κ2) is 25.9. The first-order valence-electron chi connectivity index (χ1n) is 25.2. The molecule has 5 unspecified atom stereocenters. The van der Waals surface area contributed by atoms with Crippen molar-refractivity contribution in [3.8, 4) is 0 Å². The van der Waals surface area contributed by atoms with Crippen molar-refractivity contribution in [3.05, 3.63) is 49.1 Å². The van der Waals surface area contributed by atoms with Gasteiger partial charge in [-0.2, -0.15) is 0 Å². The first-order valence-corrected chi connectivity index (χ1v) is 25.2. The van der Waals surface area contributed by atoms with Crippen LogP contribution in [0.3, 0.4) is 0 Å². The van der Waals surface area contributed by atoms with Gasteiger partial charge in [0.15, 0.2) is 11.6 Å². The van der Waals surface area contributed by atoms with E-state index in [9.17, 15) is 40.2 Å². The average molecular weight is 933 g/mol. The van der Waals surface area contributed by atoms with Gasteiger partial charge in [0, 0.05) is 51.4 Å². The van der Waals surface area contributed by atoms with Gasteiger partial charge in [0.1, 0.15) is 24.4 Å². The number of rotatable bonds is 7. The molecule has 0 aromatic heterocycles. The summed E-state index contributed by atoms with van der Waals surface area (Å²) in [6, 6.07) is 0. The van der Waals surface area contributed by atoms with Crippen LogP contribution in [0.5, 0.6) is 0 Å². The van der Waals surface area contributed by atoms with Gasteiger partial charge in [0.2, 0.25) is 0 Å². The monoisotopic (exact) mass is 933 g/mol. The molecule has 14 heteroatoms. The highest BCUT2D eigenvalue weighted by atomic mass is 16.7. The summed E-state index contributed by atoms with van der Waals surface area (Å²) in [6.45, 7) is 12.7. The molecular weight excluding hydrogens is 849 g/mol. The van der Waals surface area contributed by atoms with Gasteiger partial charge < -0.3 is 59.1 Å². The normalized spacial score (nSPS) is 40.9. The number of hydrogen-bond donors (Lipinski definition) is 6. The molecule has 5 aliphatic heterocycles. The molecule has 7 bridgehead atoms. The SMILES string of the molecule is C=C/C=C/[C@@H](O)CC(=C)C[C@H]1O[C@@H]2C[C@@H](OC(=O)CC3CC(OC(C)=O)CC4(CC(C)(O)CC(CCCCCCCCCCCC/C=C\CCC[C@H]5O[C@](O)(C[C@@H](O)[C@H]5C)[C@H]2O)O4)O3)[C@@H]1O. The van der Waals surface area contributed by atoms with Crippen molar-refractivity contribution in [3.63, 3.8) is 0 Å². The summed E-state index contributed by atoms with van der Waals surface area (Å²) in [7, 11) is 0. The summed E-state index contributed by atoms with van der Waals surface area (Å²) in [5.74, 6) is -5.11. The fourth-order valence-corrected chi connectivity index (χ4v) is 10.9. The quantitative estimate of drug-likeness (QED) is 0.0845. The maximum atomic E-state index is 14.0. The topological polar surface area (TPSA) is 211 Å². The summed E-state index contributed by atoms with van der Waals surface area (Å²) < 4.78 is 37.6. The van der Waals surface area contributed by atoms with Gasteiger partial charge in [-0.15, -0.1) is 0 Å². The number of ether oxygens (including phenoxy) is 6. The van der Waals surface area contributed by atoms with Crippen molar-refractivity contribution >= 4 is 11.9 Å². The molecule has 376 valence electrons. The molecule has 66 heavy (non-hydrogen) atoms. The molecule has 0 aromatic carbocycles. The molecule has 1 spiro atoms. The highest BCUT2D eigenvalue weighted by Crippen LogP contribution is 2.46. The second-order valence-electron chi connectivity index (χ2n) is 20.5. The molecule has 0 aromatic rings. The predicted molar refractivity (Wildman–Crippen MR) is 249 cm³/mol. The Labute approximate surface area is 393 Å². The fraction of sp³-hybridized carbons (Fsp3) is 0.808. The standard InChI is InChI=1S/C52H84O14/c1-6-7-23-38(54)26-35(2)27-44-48(57)45-30-46(62-44)49(58)52(60)33-42(55)36(3)43(66-52)25-22-20-18-16-14-12-10-8-9-11-13-15-17-19-21-24-39-31-50(5,59)34-51(64-39)32-41(61-37(4)53)28-40(65-51)29-47(56)63-45/h6-7,16,18,23,36,38-46,48-49,54-55,57-60H,1-2,8-15,17,19-22,24-34H2,3-5H3/b18-16-,23-7+/t36-,38-,39?,40?,41?,42-,43-,44-,45-,46-,48-,49+,50?,51?,52-/m1/s1. The van der Waals surface area contributed by atoms with Crippen LogP contribution in [0.1, 0.15) is 175 Å². The van der Waals surface area contributed by atoms with E-state index < -0.39 is 90.2 Å². The second-order valence-corrected chi connectivity index (χ2v) is 20.5. The molecule has 14 nitrogen and oxygen atoms in total. The number of aliphatic hydroxyl groups excluding tert-OH is 4. The molecule has 5 aliphatic rings. The molecule has 0 aliphatic carbocycles. The number of carbonyl (C=O) groups excluding carboxylic acids is 2. The lowest BCUT2D eigenvalue weighted by molar-refractivity contribution is -0.350.